The van der Waals surface area contributed by atoms with Crippen molar-refractivity contribution in [2.45, 2.75) is 31.3 Å². The number of hydrogen-bond donors (Lipinski definition) is 0. The van der Waals surface area contributed by atoms with Gasteiger partial charge in [-0.05, 0) is 35.7 Å². The zero-order valence-electron chi connectivity index (χ0n) is 13.2. The number of hydrogen-bond acceptors (Lipinski definition) is 7. The summed E-state index contributed by atoms with van der Waals surface area (Å²) < 4.78 is 7.27. The molecule has 8 heteroatoms. The van der Waals surface area contributed by atoms with E-state index >= 15 is 0 Å². The van der Waals surface area contributed by atoms with E-state index in [9.17, 15) is 0 Å². The van der Waals surface area contributed by atoms with Crippen molar-refractivity contribution in [2.24, 2.45) is 0 Å². The number of pyridine rings is 1. The number of tetrazole rings is 1. The molecule has 23 heavy (non-hydrogen) atoms. The fraction of sp³-hybridized carbons (Fsp3) is 0.333. The zero-order chi connectivity index (χ0) is 16.2. The molecular weight excluding hydrogens is 330 g/mol. The van der Waals surface area contributed by atoms with Crippen molar-refractivity contribution in [3.8, 4) is 5.75 Å². The van der Waals surface area contributed by atoms with Crippen molar-refractivity contribution in [1.29, 1.82) is 0 Å². The van der Waals surface area contributed by atoms with Crippen molar-refractivity contribution in [3.05, 3.63) is 45.4 Å². The first-order chi connectivity index (χ1) is 11.2. The van der Waals surface area contributed by atoms with E-state index in [0.29, 0.717) is 12.3 Å². The molecule has 3 aromatic heterocycles. The highest BCUT2D eigenvalue weighted by Crippen LogP contribution is 2.28. The Hall–Kier alpha value is -1.93. The first-order valence-corrected chi connectivity index (χ1v) is 8.96. The van der Waals surface area contributed by atoms with Gasteiger partial charge in [-0.1, -0.05) is 17.8 Å². The van der Waals surface area contributed by atoms with Gasteiger partial charge in [0.05, 0.1) is 19.3 Å². The molecule has 0 N–H and O–H groups in total. The highest BCUT2D eigenvalue weighted by Gasteiger charge is 2.13. The molecule has 0 aromatic carbocycles. The molecule has 0 atom stereocenters. The van der Waals surface area contributed by atoms with E-state index in [1.165, 1.54) is 4.88 Å². The molecule has 3 heterocycles. The molecule has 0 radical (unpaired) electrons. The highest BCUT2D eigenvalue weighted by atomic mass is 32.2. The Labute approximate surface area is 142 Å². The van der Waals surface area contributed by atoms with Crippen LogP contribution in [0.25, 0.3) is 0 Å². The predicted octanol–water partition coefficient (Wildman–Crippen LogP) is 3.10. The van der Waals surface area contributed by atoms with E-state index in [1.54, 1.807) is 30.2 Å². The van der Waals surface area contributed by atoms with Crippen LogP contribution in [0, 0.1) is 13.8 Å². The molecule has 0 bridgehead atoms. The van der Waals surface area contributed by atoms with Gasteiger partial charge >= 0.3 is 0 Å². The van der Waals surface area contributed by atoms with Crippen LogP contribution in [0.1, 0.15) is 21.7 Å². The molecule has 0 saturated carbocycles. The number of nitrogens with zero attached hydrogens (tertiary/aromatic N) is 5. The Morgan fingerprint density at radius 2 is 2.22 bits per heavy atom. The van der Waals surface area contributed by atoms with Crippen LogP contribution in [-0.4, -0.2) is 32.3 Å². The van der Waals surface area contributed by atoms with E-state index in [2.05, 4.69) is 32.0 Å². The van der Waals surface area contributed by atoms with Gasteiger partial charge < -0.3 is 4.74 Å². The van der Waals surface area contributed by atoms with Gasteiger partial charge in [0.25, 0.3) is 0 Å². The van der Waals surface area contributed by atoms with Crippen molar-refractivity contribution < 1.29 is 4.74 Å². The maximum atomic E-state index is 5.45. The van der Waals surface area contributed by atoms with E-state index in [-0.39, 0.29) is 0 Å². The van der Waals surface area contributed by atoms with Crippen LogP contribution in [0.15, 0.2) is 28.9 Å². The van der Waals surface area contributed by atoms with Crippen LogP contribution in [0.2, 0.25) is 0 Å². The molecule has 0 aliphatic rings. The summed E-state index contributed by atoms with van der Waals surface area (Å²) >= 11 is 3.28. The monoisotopic (exact) mass is 347 g/mol. The normalized spacial score (nSPS) is 10.9. The third-order valence-corrected chi connectivity index (χ3v) is 5.30. The average molecular weight is 347 g/mol. The predicted molar refractivity (Wildman–Crippen MR) is 91.1 cm³/mol. The molecule has 3 aromatic rings. The van der Waals surface area contributed by atoms with Crippen LogP contribution in [-0.2, 0) is 12.3 Å². The standard InChI is InChI=1S/C15H17N5OS2/c1-10-7-16-13(11(2)14(10)21-3)9-23-15-17-18-19-20(15)8-12-5-4-6-22-12/h4-7H,8-9H2,1-3H3. The second-order valence-electron chi connectivity index (χ2n) is 5.03. The van der Waals surface area contributed by atoms with Gasteiger partial charge in [0.2, 0.25) is 5.16 Å². The molecule has 0 aliphatic carbocycles. The third-order valence-electron chi connectivity index (χ3n) is 3.47. The summed E-state index contributed by atoms with van der Waals surface area (Å²) in [6, 6.07) is 4.11. The molecule has 120 valence electrons. The Balaban J connectivity index is 1.73. The summed E-state index contributed by atoms with van der Waals surface area (Å²) in [4.78, 5) is 5.74. The minimum absolute atomic E-state index is 0.691. The van der Waals surface area contributed by atoms with Gasteiger partial charge in [-0.2, -0.15) is 0 Å². The Kier molecular flexibility index (Phi) is 4.92. The van der Waals surface area contributed by atoms with Crippen molar-refractivity contribution in [1.82, 2.24) is 25.2 Å². The largest absolute Gasteiger partial charge is 0.496 e. The van der Waals surface area contributed by atoms with Crippen LogP contribution >= 0.6 is 23.1 Å². The number of thiophene rings is 1. The molecular formula is C15H17N5OS2. The Morgan fingerprint density at radius 3 is 2.96 bits per heavy atom. The van der Waals surface area contributed by atoms with Crippen molar-refractivity contribution >= 4 is 23.1 Å². The van der Waals surface area contributed by atoms with Crippen LogP contribution in [0.5, 0.6) is 5.75 Å². The highest BCUT2D eigenvalue weighted by molar-refractivity contribution is 7.98. The fourth-order valence-corrected chi connectivity index (χ4v) is 3.89. The van der Waals surface area contributed by atoms with E-state index < -0.39 is 0 Å². The lowest BCUT2D eigenvalue weighted by Crippen LogP contribution is -2.03. The minimum atomic E-state index is 0.691. The number of ether oxygens (including phenoxy) is 1. The maximum absolute atomic E-state index is 5.45. The number of thioether (sulfide) groups is 1. The lowest BCUT2D eigenvalue weighted by molar-refractivity contribution is 0.407. The summed E-state index contributed by atoms with van der Waals surface area (Å²) in [5.74, 6) is 1.60. The van der Waals surface area contributed by atoms with Gasteiger partial charge in [0, 0.05) is 28.0 Å². The fourth-order valence-electron chi connectivity index (χ4n) is 2.30. The van der Waals surface area contributed by atoms with Crippen molar-refractivity contribution in [2.75, 3.05) is 7.11 Å². The zero-order valence-corrected chi connectivity index (χ0v) is 14.8. The summed E-state index contributed by atoms with van der Waals surface area (Å²) in [7, 11) is 1.69. The van der Waals surface area contributed by atoms with Gasteiger partial charge in [-0.25, -0.2) is 4.68 Å². The minimum Gasteiger partial charge on any atom is -0.496 e. The van der Waals surface area contributed by atoms with E-state index in [0.717, 1.165) is 27.7 Å². The number of aromatic nitrogens is 5. The topological polar surface area (TPSA) is 65.7 Å². The number of aryl methyl sites for hydroxylation is 1. The first kappa shape index (κ1) is 15.9. The van der Waals surface area contributed by atoms with E-state index in [1.807, 2.05) is 30.8 Å². The molecule has 0 aliphatic heterocycles. The van der Waals surface area contributed by atoms with Crippen LogP contribution in [0.3, 0.4) is 0 Å². The Morgan fingerprint density at radius 1 is 1.35 bits per heavy atom. The summed E-state index contributed by atoms with van der Waals surface area (Å²) in [5, 5.41) is 14.8. The molecule has 6 nitrogen and oxygen atoms in total. The molecule has 0 fully saturated rings. The smallest absolute Gasteiger partial charge is 0.210 e. The van der Waals surface area contributed by atoms with Gasteiger partial charge in [-0.3, -0.25) is 4.98 Å². The lowest BCUT2D eigenvalue weighted by atomic mass is 10.1. The molecule has 0 saturated heterocycles. The van der Waals surface area contributed by atoms with Crippen LogP contribution in [0.4, 0.5) is 0 Å². The lowest BCUT2D eigenvalue weighted by Gasteiger charge is -2.11. The van der Waals surface area contributed by atoms with Gasteiger partial charge in [-0.15, -0.1) is 16.4 Å². The van der Waals surface area contributed by atoms with Gasteiger partial charge in [0.15, 0.2) is 0 Å². The van der Waals surface area contributed by atoms with Gasteiger partial charge in [0.1, 0.15) is 5.75 Å². The molecule has 0 amide bonds. The average Bonchev–Trinajstić information content (AvgIpc) is 3.20. The summed E-state index contributed by atoms with van der Waals surface area (Å²) in [6.45, 7) is 4.72. The molecule has 3 rings (SSSR count). The Bertz CT molecular complexity index is 785. The molecule has 0 unspecified atom stereocenters. The van der Waals surface area contributed by atoms with Crippen molar-refractivity contribution in [3.63, 3.8) is 0 Å². The summed E-state index contributed by atoms with van der Waals surface area (Å²) in [6.07, 6.45) is 1.84. The SMILES string of the molecule is COc1c(C)cnc(CSc2nnnn2Cc2cccs2)c1C. The number of methoxy groups -OCH3 is 1. The maximum Gasteiger partial charge on any atom is 0.210 e. The summed E-state index contributed by atoms with van der Waals surface area (Å²) in [5.41, 5.74) is 3.10. The third kappa shape index (κ3) is 3.53. The quantitative estimate of drug-likeness (QED) is 0.638. The first-order valence-electron chi connectivity index (χ1n) is 7.09. The van der Waals surface area contributed by atoms with Crippen LogP contribution < -0.4 is 4.74 Å². The van der Waals surface area contributed by atoms with E-state index in [4.69, 9.17) is 4.74 Å². The second kappa shape index (κ2) is 7.10. The number of rotatable bonds is 6. The second-order valence-corrected chi connectivity index (χ2v) is 7.01. The molecule has 0 spiro atoms.